The van der Waals surface area contributed by atoms with E-state index in [1.807, 2.05) is 11.0 Å². The second kappa shape index (κ2) is 7.19. The predicted octanol–water partition coefficient (Wildman–Crippen LogP) is 3.02. The lowest BCUT2D eigenvalue weighted by atomic mass is 10.1. The maximum atomic E-state index is 13.0. The zero-order valence-corrected chi connectivity index (χ0v) is 14.8. The van der Waals surface area contributed by atoms with E-state index in [2.05, 4.69) is 15.4 Å². The van der Waals surface area contributed by atoms with Crippen LogP contribution in [0.15, 0.2) is 36.5 Å². The number of rotatable bonds is 4. The smallest absolute Gasteiger partial charge is 0.378 e. The standard InChI is InChI=1S/C18H18F3N5O2/c19-18(20,21)11-26-14-5-1-4-13(25-7-9-28-10-8-25)15(14)16(24-26)23-17(27)12-3-2-6-22-12/h1-6,22H,7-11H2,(H,23,24,27). The molecule has 10 heteroatoms. The first-order chi connectivity index (χ1) is 13.4. The molecule has 0 aliphatic carbocycles. The van der Waals surface area contributed by atoms with Gasteiger partial charge in [-0.25, -0.2) is 0 Å². The minimum absolute atomic E-state index is 0.0981. The van der Waals surface area contributed by atoms with Crippen LogP contribution in [0.2, 0.25) is 0 Å². The van der Waals surface area contributed by atoms with E-state index in [4.69, 9.17) is 4.74 Å². The Hall–Kier alpha value is -3.01. The van der Waals surface area contributed by atoms with Gasteiger partial charge in [-0.1, -0.05) is 6.07 Å². The van der Waals surface area contributed by atoms with E-state index in [-0.39, 0.29) is 5.82 Å². The summed E-state index contributed by atoms with van der Waals surface area (Å²) in [5.74, 6) is -0.374. The summed E-state index contributed by atoms with van der Waals surface area (Å²) in [6.45, 7) is 1.02. The van der Waals surface area contributed by atoms with Crippen LogP contribution < -0.4 is 10.2 Å². The number of anilines is 2. The minimum atomic E-state index is -4.44. The van der Waals surface area contributed by atoms with Crippen molar-refractivity contribution in [1.29, 1.82) is 0 Å². The van der Waals surface area contributed by atoms with Gasteiger partial charge in [0.1, 0.15) is 12.2 Å². The van der Waals surface area contributed by atoms with Gasteiger partial charge in [-0.3, -0.25) is 9.48 Å². The van der Waals surface area contributed by atoms with Crippen LogP contribution >= 0.6 is 0 Å². The van der Waals surface area contributed by atoms with E-state index >= 15 is 0 Å². The molecule has 4 rings (SSSR count). The van der Waals surface area contributed by atoms with Gasteiger partial charge in [-0.05, 0) is 24.3 Å². The van der Waals surface area contributed by atoms with Crippen molar-refractivity contribution < 1.29 is 22.7 Å². The van der Waals surface area contributed by atoms with Crippen LogP contribution in [0.5, 0.6) is 0 Å². The quantitative estimate of drug-likeness (QED) is 0.715. The lowest BCUT2D eigenvalue weighted by Gasteiger charge is -2.29. The number of hydrogen-bond acceptors (Lipinski definition) is 4. The van der Waals surface area contributed by atoms with Crippen LogP contribution in [0, 0.1) is 0 Å². The highest BCUT2D eigenvalue weighted by molar-refractivity contribution is 6.10. The summed E-state index contributed by atoms with van der Waals surface area (Å²) in [5.41, 5.74) is 1.32. The fourth-order valence-corrected chi connectivity index (χ4v) is 3.30. The molecule has 1 aliphatic rings. The number of aromatic amines is 1. The third kappa shape index (κ3) is 3.68. The zero-order valence-electron chi connectivity index (χ0n) is 14.8. The van der Waals surface area contributed by atoms with Crippen LogP contribution in [0.3, 0.4) is 0 Å². The molecule has 0 spiro atoms. The number of amides is 1. The maximum Gasteiger partial charge on any atom is 0.408 e. The minimum Gasteiger partial charge on any atom is -0.378 e. The van der Waals surface area contributed by atoms with E-state index in [0.717, 1.165) is 10.4 Å². The molecule has 3 heterocycles. The zero-order chi connectivity index (χ0) is 19.7. The van der Waals surface area contributed by atoms with Crippen molar-refractivity contribution in [3.8, 4) is 0 Å². The first-order valence-electron chi connectivity index (χ1n) is 8.76. The molecular formula is C18H18F3N5O2. The molecule has 1 aliphatic heterocycles. The Kier molecular flexibility index (Phi) is 4.71. The monoisotopic (exact) mass is 393 g/mol. The number of hydrogen-bond donors (Lipinski definition) is 2. The number of morpholine rings is 1. The number of carbonyl (C=O) groups is 1. The van der Waals surface area contributed by atoms with Gasteiger partial charge in [-0.15, -0.1) is 0 Å². The Morgan fingerprint density at radius 2 is 2.00 bits per heavy atom. The Balaban J connectivity index is 1.80. The molecule has 1 amide bonds. The molecule has 3 aromatic rings. The molecule has 0 atom stereocenters. The second-order valence-electron chi connectivity index (χ2n) is 6.43. The second-order valence-corrected chi connectivity index (χ2v) is 6.43. The highest BCUT2D eigenvalue weighted by Gasteiger charge is 2.31. The number of aromatic nitrogens is 3. The lowest BCUT2D eigenvalue weighted by Crippen LogP contribution is -2.36. The molecule has 0 radical (unpaired) electrons. The van der Waals surface area contributed by atoms with Crippen LogP contribution in [-0.2, 0) is 11.3 Å². The molecule has 2 aromatic heterocycles. The Morgan fingerprint density at radius 1 is 1.21 bits per heavy atom. The summed E-state index contributed by atoms with van der Waals surface area (Å²) in [5, 5.41) is 7.20. The fourth-order valence-electron chi connectivity index (χ4n) is 3.30. The van der Waals surface area contributed by atoms with Crippen molar-refractivity contribution in [3.05, 3.63) is 42.2 Å². The molecule has 7 nitrogen and oxygen atoms in total. The van der Waals surface area contributed by atoms with Gasteiger partial charge < -0.3 is 19.9 Å². The van der Waals surface area contributed by atoms with Crippen molar-refractivity contribution in [3.63, 3.8) is 0 Å². The van der Waals surface area contributed by atoms with Gasteiger partial charge in [0.15, 0.2) is 5.82 Å². The number of carbonyl (C=O) groups excluding carboxylic acids is 1. The average molecular weight is 393 g/mol. The number of halogens is 3. The third-order valence-corrected chi connectivity index (χ3v) is 4.51. The molecule has 0 unspecified atom stereocenters. The maximum absolute atomic E-state index is 13.0. The highest BCUT2D eigenvalue weighted by Crippen LogP contribution is 2.35. The van der Waals surface area contributed by atoms with Crippen LogP contribution in [0.4, 0.5) is 24.7 Å². The molecule has 1 fully saturated rings. The number of nitrogens with zero attached hydrogens (tertiary/aromatic N) is 3. The summed E-state index contributed by atoms with van der Waals surface area (Å²) >= 11 is 0. The number of ether oxygens (including phenoxy) is 1. The van der Waals surface area contributed by atoms with Crippen LogP contribution in [0.25, 0.3) is 10.9 Å². The summed E-state index contributed by atoms with van der Waals surface area (Å²) in [6, 6.07) is 8.32. The van der Waals surface area contributed by atoms with E-state index in [1.54, 1.807) is 30.5 Å². The number of benzene rings is 1. The van der Waals surface area contributed by atoms with E-state index in [1.165, 1.54) is 0 Å². The van der Waals surface area contributed by atoms with Crippen LogP contribution in [0.1, 0.15) is 10.5 Å². The number of alkyl halides is 3. The summed E-state index contributed by atoms with van der Waals surface area (Å²) in [6.07, 6.45) is -2.84. The van der Waals surface area contributed by atoms with Gasteiger partial charge in [-0.2, -0.15) is 18.3 Å². The van der Waals surface area contributed by atoms with Crippen molar-refractivity contribution in [1.82, 2.24) is 14.8 Å². The average Bonchev–Trinajstić information content (AvgIpc) is 3.30. The molecule has 1 aromatic carbocycles. The van der Waals surface area contributed by atoms with Crippen molar-refractivity contribution in [2.45, 2.75) is 12.7 Å². The molecule has 148 valence electrons. The molecule has 0 saturated carbocycles. The van der Waals surface area contributed by atoms with E-state index in [9.17, 15) is 18.0 Å². The Morgan fingerprint density at radius 3 is 2.68 bits per heavy atom. The van der Waals surface area contributed by atoms with E-state index in [0.29, 0.717) is 42.9 Å². The Labute approximate surface area is 158 Å². The molecule has 2 N–H and O–H groups in total. The topological polar surface area (TPSA) is 75.2 Å². The predicted molar refractivity (Wildman–Crippen MR) is 97.6 cm³/mol. The molecule has 28 heavy (non-hydrogen) atoms. The highest BCUT2D eigenvalue weighted by atomic mass is 19.4. The number of nitrogens with one attached hydrogen (secondary N) is 2. The largest absolute Gasteiger partial charge is 0.408 e. The summed E-state index contributed by atoms with van der Waals surface area (Å²) in [7, 11) is 0. The van der Waals surface area contributed by atoms with Gasteiger partial charge in [0.05, 0.1) is 29.8 Å². The van der Waals surface area contributed by atoms with E-state index < -0.39 is 18.6 Å². The van der Waals surface area contributed by atoms with Crippen LogP contribution in [-0.4, -0.2) is 53.2 Å². The number of H-pyrrole nitrogens is 1. The normalized spacial score (nSPS) is 15.2. The third-order valence-electron chi connectivity index (χ3n) is 4.51. The SMILES string of the molecule is O=C(Nc1nn(CC(F)(F)F)c2cccc(N3CCOCC3)c12)c1ccc[nH]1. The molecular weight excluding hydrogens is 375 g/mol. The summed E-state index contributed by atoms with van der Waals surface area (Å²) in [4.78, 5) is 17.3. The van der Waals surface area contributed by atoms with Gasteiger partial charge in [0, 0.05) is 19.3 Å². The molecule has 1 saturated heterocycles. The van der Waals surface area contributed by atoms with Gasteiger partial charge in [0.2, 0.25) is 0 Å². The summed E-state index contributed by atoms with van der Waals surface area (Å²) < 4.78 is 45.4. The first-order valence-corrected chi connectivity index (χ1v) is 8.76. The van der Waals surface area contributed by atoms with Gasteiger partial charge >= 0.3 is 6.18 Å². The Bertz CT molecular complexity index is 975. The number of fused-ring (bicyclic) bond motifs is 1. The molecule has 0 bridgehead atoms. The van der Waals surface area contributed by atoms with Crippen molar-refractivity contribution in [2.75, 3.05) is 36.5 Å². The lowest BCUT2D eigenvalue weighted by molar-refractivity contribution is -0.141. The van der Waals surface area contributed by atoms with Crippen molar-refractivity contribution >= 4 is 28.3 Å². The van der Waals surface area contributed by atoms with Crippen molar-refractivity contribution in [2.24, 2.45) is 0 Å². The fraction of sp³-hybridized carbons (Fsp3) is 0.333. The van der Waals surface area contributed by atoms with Gasteiger partial charge in [0.25, 0.3) is 5.91 Å². The first kappa shape index (κ1) is 18.4.